The lowest BCUT2D eigenvalue weighted by Crippen LogP contribution is -2.18. The van der Waals surface area contributed by atoms with Crippen LogP contribution in [0.4, 0.5) is 5.69 Å². The van der Waals surface area contributed by atoms with E-state index in [0.717, 1.165) is 31.5 Å². The molecule has 2 nitrogen and oxygen atoms in total. The Hall–Kier alpha value is -1.78. The van der Waals surface area contributed by atoms with Gasteiger partial charge in [0.2, 0.25) is 0 Å². The van der Waals surface area contributed by atoms with Crippen molar-refractivity contribution in [2.24, 2.45) is 10.9 Å². The molecule has 1 aliphatic carbocycles. The first-order valence-electron chi connectivity index (χ1n) is 7.55. The summed E-state index contributed by atoms with van der Waals surface area (Å²) in [6.45, 7) is 1.60. The van der Waals surface area contributed by atoms with Gasteiger partial charge in [0.15, 0.2) is 5.78 Å². The maximum Gasteiger partial charge on any atom is 0.156 e. The van der Waals surface area contributed by atoms with Crippen LogP contribution in [0, 0.1) is 5.92 Å². The maximum atomic E-state index is 12.0. The summed E-state index contributed by atoms with van der Waals surface area (Å²) in [7, 11) is 0. The van der Waals surface area contributed by atoms with Crippen LogP contribution in [-0.4, -0.2) is 11.5 Å². The highest BCUT2D eigenvalue weighted by Gasteiger charge is 2.25. The molecular weight excluding hydrogens is 430 g/mol. The van der Waals surface area contributed by atoms with Crippen LogP contribution in [0.1, 0.15) is 12.5 Å². The lowest BCUT2D eigenvalue weighted by molar-refractivity contribution is -0.113. The number of para-hydroxylation sites is 1. The second-order valence-electron chi connectivity index (χ2n) is 5.47. The molecule has 0 saturated heterocycles. The number of allylic oxidation sites excluding steroid dienone is 4. The SMILES string of the molecule is CC(=O)C1=CC=CC1C(=Nc1c(Br)cccc1Br)c1ccccc1. The van der Waals surface area contributed by atoms with Gasteiger partial charge in [0, 0.05) is 20.4 Å². The van der Waals surface area contributed by atoms with Crippen LogP contribution in [0.15, 0.2) is 86.3 Å². The average molecular weight is 445 g/mol. The van der Waals surface area contributed by atoms with Gasteiger partial charge in [0.1, 0.15) is 0 Å². The van der Waals surface area contributed by atoms with E-state index < -0.39 is 0 Å². The van der Waals surface area contributed by atoms with Crippen molar-refractivity contribution in [3.8, 4) is 0 Å². The summed E-state index contributed by atoms with van der Waals surface area (Å²) in [5, 5.41) is 0. The average Bonchev–Trinajstić information content (AvgIpc) is 3.05. The van der Waals surface area contributed by atoms with Crippen LogP contribution in [0.3, 0.4) is 0 Å². The molecule has 120 valence electrons. The van der Waals surface area contributed by atoms with E-state index in [2.05, 4.69) is 31.9 Å². The molecule has 1 aliphatic rings. The summed E-state index contributed by atoms with van der Waals surface area (Å²) < 4.78 is 1.81. The first-order chi connectivity index (χ1) is 11.6. The molecule has 0 aromatic heterocycles. The van der Waals surface area contributed by atoms with Crippen LogP contribution in [0.5, 0.6) is 0 Å². The van der Waals surface area contributed by atoms with Crippen molar-refractivity contribution in [2.45, 2.75) is 6.92 Å². The highest BCUT2D eigenvalue weighted by molar-refractivity contribution is 9.11. The van der Waals surface area contributed by atoms with Gasteiger partial charge in [-0.05, 0) is 56.5 Å². The molecule has 0 amide bonds. The van der Waals surface area contributed by atoms with Gasteiger partial charge in [-0.2, -0.15) is 0 Å². The number of rotatable bonds is 4. The van der Waals surface area contributed by atoms with Crippen molar-refractivity contribution in [1.29, 1.82) is 0 Å². The first-order valence-corrected chi connectivity index (χ1v) is 9.14. The minimum absolute atomic E-state index is 0.0693. The molecule has 0 heterocycles. The molecule has 0 fully saturated rings. The number of carbonyl (C=O) groups excluding carboxylic acids is 1. The molecule has 0 saturated carbocycles. The number of halogens is 2. The van der Waals surface area contributed by atoms with Crippen molar-refractivity contribution in [3.63, 3.8) is 0 Å². The van der Waals surface area contributed by atoms with E-state index in [9.17, 15) is 4.79 Å². The lowest BCUT2D eigenvalue weighted by Gasteiger charge is -2.16. The molecular formula is C20H15Br2NO. The number of benzene rings is 2. The highest BCUT2D eigenvalue weighted by Crippen LogP contribution is 2.36. The van der Waals surface area contributed by atoms with Crippen molar-refractivity contribution in [2.75, 3.05) is 0 Å². The predicted octanol–water partition coefficient (Wildman–Crippen LogP) is 6.03. The molecule has 1 unspecified atom stereocenters. The molecule has 4 heteroatoms. The Balaban J connectivity index is 2.17. The third-order valence-corrected chi connectivity index (χ3v) is 5.13. The van der Waals surface area contributed by atoms with Gasteiger partial charge in [0.25, 0.3) is 0 Å². The number of hydrogen-bond donors (Lipinski definition) is 0. The van der Waals surface area contributed by atoms with Gasteiger partial charge in [-0.1, -0.05) is 54.6 Å². The topological polar surface area (TPSA) is 29.4 Å². The van der Waals surface area contributed by atoms with E-state index in [1.807, 2.05) is 66.8 Å². The van der Waals surface area contributed by atoms with Crippen molar-refractivity contribution in [3.05, 3.63) is 86.8 Å². The molecule has 2 aromatic rings. The standard InChI is InChI=1S/C20H15Br2NO/c1-13(24)15-9-5-10-16(15)19(14-7-3-2-4-8-14)23-20-17(21)11-6-12-18(20)22/h2-12,16H,1H3. The fourth-order valence-corrected chi connectivity index (χ4v) is 3.87. The Morgan fingerprint density at radius 2 is 1.67 bits per heavy atom. The van der Waals surface area contributed by atoms with Crippen LogP contribution in [0.2, 0.25) is 0 Å². The number of aliphatic imine (C=N–C) groups is 1. The summed E-state index contributed by atoms with van der Waals surface area (Å²) in [5.74, 6) is -0.0660. The summed E-state index contributed by atoms with van der Waals surface area (Å²) in [6.07, 6.45) is 5.82. The summed E-state index contributed by atoms with van der Waals surface area (Å²) in [6, 6.07) is 15.8. The van der Waals surface area contributed by atoms with Gasteiger partial charge in [0.05, 0.1) is 11.4 Å². The predicted molar refractivity (Wildman–Crippen MR) is 106 cm³/mol. The van der Waals surface area contributed by atoms with Gasteiger partial charge in [-0.15, -0.1) is 0 Å². The molecule has 1 atom stereocenters. The largest absolute Gasteiger partial charge is 0.295 e. The van der Waals surface area contributed by atoms with Gasteiger partial charge in [-0.25, -0.2) is 4.99 Å². The zero-order chi connectivity index (χ0) is 17.1. The molecule has 3 rings (SSSR count). The fraction of sp³-hybridized carbons (Fsp3) is 0.100. The van der Waals surface area contributed by atoms with Gasteiger partial charge < -0.3 is 0 Å². The van der Waals surface area contributed by atoms with Gasteiger partial charge in [-0.3, -0.25) is 4.79 Å². The second kappa shape index (κ2) is 7.41. The molecule has 0 spiro atoms. The van der Waals surface area contributed by atoms with Crippen LogP contribution in [0.25, 0.3) is 0 Å². The Kier molecular flexibility index (Phi) is 5.27. The zero-order valence-corrected chi connectivity index (χ0v) is 16.2. The van der Waals surface area contributed by atoms with E-state index >= 15 is 0 Å². The lowest BCUT2D eigenvalue weighted by atomic mass is 9.90. The molecule has 0 bridgehead atoms. The monoisotopic (exact) mass is 443 g/mol. The second-order valence-corrected chi connectivity index (χ2v) is 7.18. The van der Waals surface area contributed by atoms with Crippen LogP contribution in [-0.2, 0) is 4.79 Å². The molecule has 24 heavy (non-hydrogen) atoms. The number of hydrogen-bond acceptors (Lipinski definition) is 2. The van der Waals surface area contributed by atoms with Gasteiger partial charge >= 0.3 is 0 Å². The third kappa shape index (κ3) is 3.50. The molecule has 0 radical (unpaired) electrons. The van der Waals surface area contributed by atoms with E-state index in [1.54, 1.807) is 6.92 Å². The fourth-order valence-electron chi connectivity index (χ4n) is 2.69. The van der Waals surface area contributed by atoms with E-state index in [-0.39, 0.29) is 11.7 Å². The van der Waals surface area contributed by atoms with E-state index in [1.165, 1.54) is 0 Å². The summed E-state index contributed by atoms with van der Waals surface area (Å²) in [5.41, 5.74) is 3.45. The zero-order valence-electron chi connectivity index (χ0n) is 13.0. The van der Waals surface area contributed by atoms with Crippen LogP contribution < -0.4 is 0 Å². The number of ketones is 1. The van der Waals surface area contributed by atoms with E-state index in [4.69, 9.17) is 4.99 Å². The normalized spacial score (nSPS) is 17.0. The quantitative estimate of drug-likeness (QED) is 0.529. The number of nitrogens with zero attached hydrogens (tertiary/aromatic N) is 1. The van der Waals surface area contributed by atoms with Crippen molar-refractivity contribution >= 4 is 49.0 Å². The Labute approximate surface area is 158 Å². The number of Topliss-reactive ketones (excluding diaryl/α,β-unsaturated/α-hetero) is 1. The van der Waals surface area contributed by atoms with Crippen LogP contribution >= 0.6 is 31.9 Å². The molecule has 2 aromatic carbocycles. The minimum atomic E-state index is -0.135. The van der Waals surface area contributed by atoms with E-state index in [0.29, 0.717) is 0 Å². The highest BCUT2D eigenvalue weighted by atomic mass is 79.9. The Morgan fingerprint density at radius 1 is 1.00 bits per heavy atom. The Bertz CT molecular complexity index is 846. The Morgan fingerprint density at radius 3 is 2.29 bits per heavy atom. The minimum Gasteiger partial charge on any atom is -0.295 e. The number of carbonyl (C=O) groups is 1. The molecule has 0 N–H and O–H groups in total. The summed E-state index contributed by atoms with van der Waals surface area (Å²) in [4.78, 5) is 16.9. The maximum absolute atomic E-state index is 12.0. The van der Waals surface area contributed by atoms with Crippen molar-refractivity contribution in [1.82, 2.24) is 0 Å². The first kappa shape index (κ1) is 17.1. The smallest absolute Gasteiger partial charge is 0.156 e. The van der Waals surface area contributed by atoms with Crippen molar-refractivity contribution < 1.29 is 4.79 Å². The third-order valence-electron chi connectivity index (χ3n) is 3.85. The molecule has 0 aliphatic heterocycles. The summed E-state index contributed by atoms with van der Waals surface area (Å²) >= 11 is 7.13.